The molecule has 3 heterocycles. The summed E-state index contributed by atoms with van der Waals surface area (Å²) in [5, 5.41) is 4.03. The van der Waals surface area contributed by atoms with Crippen LogP contribution in [0.4, 0.5) is 0 Å². The van der Waals surface area contributed by atoms with Crippen molar-refractivity contribution in [3.05, 3.63) is 29.4 Å². The predicted octanol–water partition coefficient (Wildman–Crippen LogP) is 1.44. The van der Waals surface area contributed by atoms with Gasteiger partial charge in [-0.2, -0.15) is 4.98 Å². The van der Waals surface area contributed by atoms with Crippen LogP contribution in [0.5, 0.6) is 0 Å². The molecule has 0 aliphatic carbocycles. The fourth-order valence-electron chi connectivity index (χ4n) is 2.09. The van der Waals surface area contributed by atoms with Gasteiger partial charge in [0.15, 0.2) is 5.82 Å². The zero-order valence-electron chi connectivity index (χ0n) is 10.6. The molecule has 1 saturated heterocycles. The molecular weight excluding hydrogens is 232 g/mol. The van der Waals surface area contributed by atoms with E-state index < -0.39 is 0 Å². The van der Waals surface area contributed by atoms with Crippen molar-refractivity contribution < 1.29 is 9.26 Å². The van der Waals surface area contributed by atoms with Gasteiger partial charge < -0.3 is 13.8 Å². The summed E-state index contributed by atoms with van der Waals surface area (Å²) in [6.07, 6.45) is 2.77. The predicted molar refractivity (Wildman–Crippen MR) is 63.3 cm³/mol. The summed E-state index contributed by atoms with van der Waals surface area (Å²) in [6, 6.07) is 0. The second-order valence-electron chi connectivity index (χ2n) is 4.65. The van der Waals surface area contributed by atoms with Crippen LogP contribution in [-0.2, 0) is 11.3 Å². The summed E-state index contributed by atoms with van der Waals surface area (Å²) in [4.78, 5) is 8.68. The molecule has 0 unspecified atom stereocenters. The third-order valence-electron chi connectivity index (χ3n) is 3.43. The maximum atomic E-state index is 5.32. The third-order valence-corrected chi connectivity index (χ3v) is 3.43. The lowest BCUT2D eigenvalue weighted by molar-refractivity contribution is 0.192. The molecule has 0 spiro atoms. The molecule has 1 atom stereocenters. The van der Waals surface area contributed by atoms with Crippen molar-refractivity contribution >= 4 is 0 Å². The number of imidazole rings is 1. The summed E-state index contributed by atoms with van der Waals surface area (Å²) < 4.78 is 12.6. The van der Waals surface area contributed by atoms with Crippen LogP contribution in [0.1, 0.15) is 35.4 Å². The number of hydrogen-bond acceptors (Lipinski definition) is 5. The highest BCUT2D eigenvalue weighted by Crippen LogP contribution is 2.22. The summed E-state index contributed by atoms with van der Waals surface area (Å²) in [5.74, 6) is 1.67. The Morgan fingerprint density at radius 2 is 2.33 bits per heavy atom. The van der Waals surface area contributed by atoms with Gasteiger partial charge in [0.2, 0.25) is 5.89 Å². The van der Waals surface area contributed by atoms with Crippen LogP contribution in [0.15, 0.2) is 10.9 Å². The van der Waals surface area contributed by atoms with Crippen molar-refractivity contribution in [2.75, 3.05) is 13.2 Å². The van der Waals surface area contributed by atoms with E-state index in [0.717, 1.165) is 30.2 Å². The van der Waals surface area contributed by atoms with Gasteiger partial charge >= 0.3 is 0 Å². The van der Waals surface area contributed by atoms with E-state index in [-0.39, 0.29) is 5.92 Å². The van der Waals surface area contributed by atoms with Gasteiger partial charge in [0.25, 0.3) is 0 Å². The average molecular weight is 248 g/mol. The first-order valence-electron chi connectivity index (χ1n) is 6.12. The fraction of sp³-hybridized carbons (Fsp3) is 0.583. The zero-order valence-corrected chi connectivity index (χ0v) is 10.6. The Labute approximate surface area is 105 Å². The van der Waals surface area contributed by atoms with E-state index in [1.165, 1.54) is 0 Å². The van der Waals surface area contributed by atoms with E-state index in [9.17, 15) is 0 Å². The highest BCUT2D eigenvalue weighted by Gasteiger charge is 2.23. The topological polar surface area (TPSA) is 66.0 Å². The van der Waals surface area contributed by atoms with Gasteiger partial charge in [0, 0.05) is 18.2 Å². The smallest absolute Gasteiger partial charge is 0.246 e. The summed E-state index contributed by atoms with van der Waals surface area (Å²) in [5.41, 5.74) is 2.15. The molecule has 0 saturated carbocycles. The van der Waals surface area contributed by atoms with E-state index in [1.807, 2.05) is 18.4 Å². The average Bonchev–Trinajstić information content (AvgIpc) is 3.06. The number of nitrogens with zero attached hydrogens (tertiary/aromatic N) is 4. The lowest BCUT2D eigenvalue weighted by Gasteiger charge is -2.00. The maximum absolute atomic E-state index is 5.32. The van der Waals surface area contributed by atoms with Crippen molar-refractivity contribution in [1.29, 1.82) is 0 Å². The number of hydrogen-bond donors (Lipinski definition) is 0. The standard InChI is InChI=1S/C12H16N4O2/c1-8-9(2)16(7-13-8)5-11-14-12(15-18-11)10-3-4-17-6-10/h7,10H,3-6H2,1-2H3/t10-/m1/s1. The van der Waals surface area contributed by atoms with Crippen LogP contribution in [0.3, 0.4) is 0 Å². The van der Waals surface area contributed by atoms with Gasteiger partial charge in [-0.05, 0) is 20.3 Å². The zero-order chi connectivity index (χ0) is 12.5. The van der Waals surface area contributed by atoms with Crippen molar-refractivity contribution in [1.82, 2.24) is 19.7 Å². The van der Waals surface area contributed by atoms with Gasteiger partial charge in [-0.15, -0.1) is 0 Å². The lowest BCUT2D eigenvalue weighted by atomic mass is 10.1. The molecule has 2 aromatic heterocycles. The Bertz CT molecular complexity index is 540. The third kappa shape index (κ3) is 2.03. The molecule has 0 aromatic carbocycles. The van der Waals surface area contributed by atoms with Gasteiger partial charge in [-0.1, -0.05) is 5.16 Å². The first-order valence-corrected chi connectivity index (χ1v) is 6.12. The molecule has 1 aliphatic rings. The molecule has 0 amide bonds. The summed E-state index contributed by atoms with van der Waals surface area (Å²) >= 11 is 0. The van der Waals surface area contributed by atoms with Gasteiger partial charge in [-0.3, -0.25) is 0 Å². The highest BCUT2D eigenvalue weighted by molar-refractivity contribution is 5.09. The van der Waals surface area contributed by atoms with Crippen LogP contribution in [-0.4, -0.2) is 32.9 Å². The second kappa shape index (κ2) is 4.53. The number of aromatic nitrogens is 4. The van der Waals surface area contributed by atoms with Crippen LogP contribution < -0.4 is 0 Å². The normalized spacial score (nSPS) is 19.6. The Kier molecular flexibility index (Phi) is 2.87. The molecule has 18 heavy (non-hydrogen) atoms. The van der Waals surface area contributed by atoms with Crippen molar-refractivity contribution in [3.8, 4) is 0 Å². The maximum Gasteiger partial charge on any atom is 0.246 e. The Balaban J connectivity index is 1.75. The fourth-order valence-corrected chi connectivity index (χ4v) is 2.09. The van der Waals surface area contributed by atoms with Crippen molar-refractivity contribution in [2.45, 2.75) is 32.7 Å². The molecule has 1 fully saturated rings. The van der Waals surface area contributed by atoms with E-state index >= 15 is 0 Å². The van der Waals surface area contributed by atoms with E-state index in [0.29, 0.717) is 19.0 Å². The van der Waals surface area contributed by atoms with Gasteiger partial charge in [0.1, 0.15) is 6.54 Å². The molecular formula is C12H16N4O2. The highest BCUT2D eigenvalue weighted by atomic mass is 16.5. The first kappa shape index (κ1) is 11.4. The van der Waals surface area contributed by atoms with E-state index in [1.54, 1.807) is 6.33 Å². The number of ether oxygens (including phenoxy) is 1. The van der Waals surface area contributed by atoms with E-state index in [4.69, 9.17) is 9.26 Å². The van der Waals surface area contributed by atoms with Gasteiger partial charge in [-0.25, -0.2) is 4.98 Å². The van der Waals surface area contributed by atoms with Gasteiger partial charge in [0.05, 0.1) is 18.6 Å². The van der Waals surface area contributed by atoms with Crippen LogP contribution in [0.2, 0.25) is 0 Å². The van der Waals surface area contributed by atoms with Crippen molar-refractivity contribution in [2.24, 2.45) is 0 Å². The molecule has 0 N–H and O–H groups in total. The Hall–Kier alpha value is -1.69. The minimum absolute atomic E-state index is 0.285. The largest absolute Gasteiger partial charge is 0.381 e. The van der Waals surface area contributed by atoms with Crippen LogP contribution in [0, 0.1) is 13.8 Å². The minimum atomic E-state index is 0.285. The molecule has 6 nitrogen and oxygen atoms in total. The second-order valence-corrected chi connectivity index (χ2v) is 4.65. The monoisotopic (exact) mass is 248 g/mol. The van der Waals surface area contributed by atoms with Crippen molar-refractivity contribution in [3.63, 3.8) is 0 Å². The lowest BCUT2D eigenvalue weighted by Crippen LogP contribution is -2.03. The molecule has 2 aromatic rings. The molecule has 1 aliphatic heterocycles. The SMILES string of the molecule is Cc1ncn(Cc2nc([C@@H]3CCOC3)no2)c1C. The Morgan fingerprint density at radius 3 is 3.00 bits per heavy atom. The first-order chi connectivity index (χ1) is 8.74. The molecule has 3 rings (SSSR count). The quantitative estimate of drug-likeness (QED) is 0.822. The minimum Gasteiger partial charge on any atom is -0.381 e. The van der Waals surface area contributed by atoms with E-state index in [2.05, 4.69) is 15.1 Å². The molecule has 96 valence electrons. The number of rotatable bonds is 3. The number of aryl methyl sites for hydroxylation is 1. The molecule has 0 bridgehead atoms. The summed E-state index contributed by atoms with van der Waals surface area (Å²) in [6.45, 7) is 6.08. The van der Waals surface area contributed by atoms with Crippen LogP contribution in [0.25, 0.3) is 0 Å². The summed E-state index contributed by atoms with van der Waals surface area (Å²) in [7, 11) is 0. The molecule has 6 heteroatoms. The van der Waals surface area contributed by atoms with Crippen LogP contribution >= 0.6 is 0 Å². The Morgan fingerprint density at radius 1 is 1.44 bits per heavy atom. The molecule has 0 radical (unpaired) electrons.